The first-order chi connectivity index (χ1) is 8.84. The number of hydrogen-bond donors (Lipinski definition) is 2. The van der Waals surface area contributed by atoms with Crippen LogP contribution < -0.4 is 11.1 Å². The molecule has 3 N–H and O–H groups in total. The predicted molar refractivity (Wildman–Crippen MR) is 84.2 cm³/mol. The van der Waals surface area contributed by atoms with Gasteiger partial charge in [0.15, 0.2) is 0 Å². The van der Waals surface area contributed by atoms with Gasteiger partial charge in [-0.3, -0.25) is 0 Å². The number of nitrogens with one attached hydrogen (secondary N) is 1. The van der Waals surface area contributed by atoms with Crippen LogP contribution in [0.15, 0.2) is 24.3 Å². The summed E-state index contributed by atoms with van der Waals surface area (Å²) in [5, 5.41) is 3.51. The molecule has 0 amide bonds. The van der Waals surface area contributed by atoms with Crippen molar-refractivity contribution in [1.29, 1.82) is 0 Å². The van der Waals surface area contributed by atoms with Crippen molar-refractivity contribution >= 4 is 0 Å². The molecule has 0 heterocycles. The molecule has 0 fully saturated rings. The first kappa shape index (κ1) is 16.2. The molecule has 0 aromatic heterocycles. The van der Waals surface area contributed by atoms with Crippen molar-refractivity contribution in [3.05, 3.63) is 35.4 Å². The lowest BCUT2D eigenvalue weighted by atomic mass is 9.87. The first-order valence-corrected chi connectivity index (χ1v) is 7.34. The van der Waals surface area contributed by atoms with E-state index in [1.54, 1.807) is 0 Å². The molecule has 0 aliphatic rings. The third-order valence-corrected chi connectivity index (χ3v) is 3.80. The normalized spacial score (nSPS) is 13.8. The van der Waals surface area contributed by atoms with Gasteiger partial charge in [-0.2, -0.15) is 0 Å². The van der Waals surface area contributed by atoms with Gasteiger partial charge in [0.05, 0.1) is 0 Å². The second-order valence-electron chi connectivity index (χ2n) is 6.82. The maximum atomic E-state index is 5.78. The first-order valence-electron chi connectivity index (χ1n) is 7.34. The van der Waals surface area contributed by atoms with Crippen molar-refractivity contribution in [2.24, 2.45) is 17.6 Å². The highest BCUT2D eigenvalue weighted by atomic mass is 14.9. The number of nitrogens with two attached hydrogens (primary N) is 1. The van der Waals surface area contributed by atoms with Gasteiger partial charge in [0.25, 0.3) is 0 Å². The van der Waals surface area contributed by atoms with Gasteiger partial charge in [-0.25, -0.2) is 0 Å². The largest absolute Gasteiger partial charge is 0.330 e. The zero-order valence-corrected chi connectivity index (χ0v) is 13.2. The van der Waals surface area contributed by atoms with Gasteiger partial charge in [-0.15, -0.1) is 0 Å². The molecule has 0 spiro atoms. The zero-order valence-electron chi connectivity index (χ0n) is 13.2. The summed E-state index contributed by atoms with van der Waals surface area (Å²) in [4.78, 5) is 0. The van der Waals surface area contributed by atoms with E-state index in [0.29, 0.717) is 11.8 Å². The lowest BCUT2D eigenvalue weighted by molar-refractivity contribution is 0.370. The number of hydrogen-bond acceptors (Lipinski definition) is 2. The Kier molecular flexibility index (Phi) is 6.02. The second-order valence-corrected chi connectivity index (χ2v) is 6.82. The Labute approximate surface area is 118 Å². The molecular weight excluding hydrogens is 232 g/mol. The van der Waals surface area contributed by atoms with E-state index in [-0.39, 0.29) is 5.41 Å². The summed E-state index contributed by atoms with van der Waals surface area (Å²) in [5.74, 6) is 1.20. The van der Waals surface area contributed by atoms with E-state index in [2.05, 4.69) is 64.2 Å². The molecular formula is C17H30N2. The highest BCUT2D eigenvalue weighted by molar-refractivity contribution is 5.27. The third-order valence-electron chi connectivity index (χ3n) is 3.80. The lowest BCUT2D eigenvalue weighted by Crippen LogP contribution is -2.31. The smallest absolute Gasteiger partial charge is 0.0205 e. The molecule has 1 aromatic rings. The van der Waals surface area contributed by atoms with E-state index in [9.17, 15) is 0 Å². The second kappa shape index (κ2) is 7.06. The molecule has 1 unspecified atom stereocenters. The van der Waals surface area contributed by atoms with Gasteiger partial charge < -0.3 is 11.1 Å². The Morgan fingerprint density at radius 2 is 1.68 bits per heavy atom. The SMILES string of the molecule is CC(C)C(CN)CNCc1ccc(C(C)(C)C)cc1. The summed E-state index contributed by atoms with van der Waals surface area (Å²) >= 11 is 0. The van der Waals surface area contributed by atoms with E-state index in [1.165, 1.54) is 11.1 Å². The maximum absolute atomic E-state index is 5.78. The minimum Gasteiger partial charge on any atom is -0.330 e. The van der Waals surface area contributed by atoms with Gasteiger partial charge in [-0.1, -0.05) is 58.9 Å². The predicted octanol–water partition coefficient (Wildman–Crippen LogP) is 3.30. The van der Waals surface area contributed by atoms with Crippen LogP contribution in [0.5, 0.6) is 0 Å². The van der Waals surface area contributed by atoms with E-state index in [1.807, 2.05) is 0 Å². The minimum atomic E-state index is 0.230. The Morgan fingerprint density at radius 1 is 1.11 bits per heavy atom. The molecule has 1 rings (SSSR count). The summed E-state index contributed by atoms with van der Waals surface area (Å²) in [7, 11) is 0. The molecule has 0 saturated heterocycles. The van der Waals surface area contributed by atoms with Crippen molar-refractivity contribution in [3.8, 4) is 0 Å². The van der Waals surface area contributed by atoms with Crippen LogP contribution in [0.25, 0.3) is 0 Å². The van der Waals surface area contributed by atoms with Gasteiger partial charge in [0, 0.05) is 6.54 Å². The Balaban J connectivity index is 2.46. The van der Waals surface area contributed by atoms with Crippen molar-refractivity contribution in [2.75, 3.05) is 13.1 Å². The van der Waals surface area contributed by atoms with Crippen LogP contribution in [0.3, 0.4) is 0 Å². The molecule has 108 valence electrons. The van der Waals surface area contributed by atoms with Crippen LogP contribution in [0, 0.1) is 11.8 Å². The van der Waals surface area contributed by atoms with Crippen LogP contribution in [0.4, 0.5) is 0 Å². The van der Waals surface area contributed by atoms with Crippen LogP contribution in [-0.2, 0) is 12.0 Å². The lowest BCUT2D eigenvalue weighted by Gasteiger charge is -2.20. The summed E-state index contributed by atoms with van der Waals surface area (Å²) < 4.78 is 0. The van der Waals surface area contributed by atoms with Crippen LogP contribution >= 0.6 is 0 Å². The van der Waals surface area contributed by atoms with E-state index in [0.717, 1.165) is 19.6 Å². The molecule has 2 nitrogen and oxygen atoms in total. The topological polar surface area (TPSA) is 38.0 Å². The molecule has 1 atom stereocenters. The average molecular weight is 262 g/mol. The number of rotatable bonds is 6. The van der Waals surface area contributed by atoms with Crippen molar-refractivity contribution in [3.63, 3.8) is 0 Å². The van der Waals surface area contributed by atoms with E-state index >= 15 is 0 Å². The fraction of sp³-hybridized carbons (Fsp3) is 0.647. The van der Waals surface area contributed by atoms with E-state index in [4.69, 9.17) is 5.73 Å². The molecule has 2 heteroatoms. The molecule has 0 aliphatic heterocycles. The van der Waals surface area contributed by atoms with Crippen LogP contribution in [0.2, 0.25) is 0 Å². The fourth-order valence-corrected chi connectivity index (χ4v) is 2.12. The molecule has 19 heavy (non-hydrogen) atoms. The monoisotopic (exact) mass is 262 g/mol. The zero-order chi connectivity index (χ0) is 14.5. The van der Waals surface area contributed by atoms with Crippen LogP contribution in [-0.4, -0.2) is 13.1 Å². The highest BCUT2D eigenvalue weighted by Gasteiger charge is 2.13. The minimum absolute atomic E-state index is 0.230. The average Bonchev–Trinajstić information content (AvgIpc) is 2.33. The van der Waals surface area contributed by atoms with Crippen molar-refractivity contribution < 1.29 is 0 Å². The Hall–Kier alpha value is -0.860. The Bertz CT molecular complexity index is 360. The summed E-state index contributed by atoms with van der Waals surface area (Å²) in [6.45, 7) is 13.9. The van der Waals surface area contributed by atoms with Crippen molar-refractivity contribution in [2.45, 2.75) is 46.6 Å². The summed E-state index contributed by atoms with van der Waals surface area (Å²) in [6, 6.07) is 8.92. The van der Waals surface area contributed by atoms with Gasteiger partial charge in [-0.05, 0) is 41.5 Å². The van der Waals surface area contributed by atoms with Crippen molar-refractivity contribution in [1.82, 2.24) is 5.32 Å². The summed E-state index contributed by atoms with van der Waals surface area (Å²) in [5.41, 5.74) is 8.74. The molecule has 0 bridgehead atoms. The number of benzene rings is 1. The van der Waals surface area contributed by atoms with E-state index < -0.39 is 0 Å². The third kappa shape index (κ3) is 5.33. The molecule has 0 saturated carbocycles. The standard InChI is InChI=1S/C17H30N2/c1-13(2)15(10-18)12-19-11-14-6-8-16(9-7-14)17(3,4)5/h6-9,13,15,19H,10-12,18H2,1-5H3. The van der Waals surface area contributed by atoms with Gasteiger partial charge in [0.1, 0.15) is 0 Å². The fourth-order valence-electron chi connectivity index (χ4n) is 2.12. The maximum Gasteiger partial charge on any atom is 0.0205 e. The molecule has 0 radical (unpaired) electrons. The Morgan fingerprint density at radius 3 is 2.11 bits per heavy atom. The molecule has 0 aliphatic carbocycles. The quantitative estimate of drug-likeness (QED) is 0.825. The van der Waals surface area contributed by atoms with Gasteiger partial charge in [0.2, 0.25) is 0 Å². The summed E-state index contributed by atoms with van der Waals surface area (Å²) in [6.07, 6.45) is 0. The highest BCUT2D eigenvalue weighted by Crippen LogP contribution is 2.22. The van der Waals surface area contributed by atoms with Crippen LogP contribution in [0.1, 0.15) is 45.7 Å². The molecule has 1 aromatic carbocycles. The van der Waals surface area contributed by atoms with Gasteiger partial charge >= 0.3 is 0 Å².